The summed E-state index contributed by atoms with van der Waals surface area (Å²) >= 11 is -2.08. The number of carbonyl (C=O) groups excluding carboxylic acids is 1. The summed E-state index contributed by atoms with van der Waals surface area (Å²) in [7, 11) is -9.80. The molecule has 0 amide bonds. The molecule has 0 N–H and O–H groups in total. The van der Waals surface area contributed by atoms with Crippen molar-refractivity contribution < 1.29 is 52.1 Å². The number of hydrogen-bond donors (Lipinski definition) is 0. The highest BCUT2D eigenvalue weighted by molar-refractivity contribution is 7.91. The fraction of sp³-hybridized carbons (Fsp3) is 0.909. The smallest absolute Gasteiger partial charge is 0.430 e. The molecule has 0 spiro atoms. The van der Waals surface area contributed by atoms with Crippen LogP contribution in [-0.2, 0) is 58.7 Å². The first-order valence-electron chi connectivity index (χ1n) is 7.17. The van der Waals surface area contributed by atoms with Crippen molar-refractivity contribution in [1.82, 2.24) is 0 Å². The van der Waals surface area contributed by atoms with Gasteiger partial charge in [-0.1, -0.05) is 0 Å². The highest BCUT2D eigenvalue weighted by atomic mass is 32.2. The lowest BCUT2D eigenvalue weighted by atomic mass is 10.3. The van der Waals surface area contributed by atoms with Gasteiger partial charge < -0.3 is 9.47 Å². The SMILES string of the molecule is CS(=O)(=O)CC1COC(=O)O1.CS(=O)(=O)CC1OS(=O)OC1CS(C)(=O)=O. The largest absolute Gasteiger partial charge is 0.508 e. The van der Waals surface area contributed by atoms with Crippen LogP contribution in [0.25, 0.3) is 0 Å². The number of sulfone groups is 3. The van der Waals surface area contributed by atoms with Gasteiger partial charge in [-0.15, -0.1) is 0 Å². The van der Waals surface area contributed by atoms with E-state index in [1.165, 1.54) is 0 Å². The van der Waals surface area contributed by atoms with Gasteiger partial charge in [-0.25, -0.2) is 30.0 Å². The third kappa shape index (κ3) is 10.9. The van der Waals surface area contributed by atoms with Crippen LogP contribution in [0.1, 0.15) is 0 Å². The minimum absolute atomic E-state index is 0.0336. The second-order valence-electron chi connectivity index (χ2n) is 6.05. The van der Waals surface area contributed by atoms with Crippen LogP contribution in [0.4, 0.5) is 4.79 Å². The summed E-state index contributed by atoms with van der Waals surface area (Å²) in [5.41, 5.74) is 0. The summed E-state index contributed by atoms with van der Waals surface area (Å²) < 4.78 is 94.6. The van der Waals surface area contributed by atoms with Crippen LogP contribution in [0.15, 0.2) is 0 Å². The second-order valence-corrected chi connectivity index (χ2v) is 13.4. The first-order valence-corrected chi connectivity index (χ1v) is 14.3. The monoisotopic (exact) mass is 472 g/mol. The van der Waals surface area contributed by atoms with Gasteiger partial charge in [-0.2, -0.15) is 4.21 Å². The summed E-state index contributed by atoms with van der Waals surface area (Å²) in [6.45, 7) is 0.0336. The molecule has 3 atom stereocenters. The highest BCUT2D eigenvalue weighted by Crippen LogP contribution is 2.20. The van der Waals surface area contributed by atoms with Crippen molar-refractivity contribution in [2.45, 2.75) is 18.3 Å². The Morgan fingerprint density at radius 2 is 1.26 bits per heavy atom. The van der Waals surface area contributed by atoms with E-state index in [9.17, 15) is 34.3 Å². The lowest BCUT2D eigenvalue weighted by Crippen LogP contribution is -2.35. The molecule has 0 aromatic rings. The van der Waals surface area contributed by atoms with Crippen molar-refractivity contribution in [1.29, 1.82) is 0 Å². The van der Waals surface area contributed by atoms with Crippen molar-refractivity contribution in [3.63, 3.8) is 0 Å². The zero-order valence-corrected chi connectivity index (χ0v) is 17.9. The molecule has 160 valence electrons. The highest BCUT2D eigenvalue weighted by Gasteiger charge is 2.39. The molecular weight excluding hydrogens is 452 g/mol. The number of rotatable bonds is 6. The van der Waals surface area contributed by atoms with Crippen LogP contribution in [0.3, 0.4) is 0 Å². The molecule has 2 heterocycles. The van der Waals surface area contributed by atoms with Crippen molar-refractivity contribution in [2.24, 2.45) is 0 Å². The van der Waals surface area contributed by atoms with E-state index in [0.717, 1.165) is 18.8 Å². The Morgan fingerprint density at radius 3 is 1.56 bits per heavy atom. The standard InChI is InChI=1S/C6H12O7S3.C5H8O5S/c1-15(8,9)3-5-6(4-16(2,10)11)13-14(7)12-5;1-11(7,8)3-4-2-9-5(6)10-4/h5-6H,3-4H2,1-2H3;4H,2-3H2,1H3. The Bertz CT molecular complexity index is 828. The van der Waals surface area contributed by atoms with Crippen LogP contribution in [0.5, 0.6) is 0 Å². The van der Waals surface area contributed by atoms with E-state index >= 15 is 0 Å². The predicted octanol–water partition coefficient (Wildman–Crippen LogP) is -2.00. The van der Waals surface area contributed by atoms with Crippen molar-refractivity contribution >= 4 is 47.0 Å². The number of cyclic esters (lactones) is 2. The van der Waals surface area contributed by atoms with E-state index in [4.69, 9.17) is 8.37 Å². The van der Waals surface area contributed by atoms with Crippen LogP contribution >= 0.6 is 0 Å². The molecule has 3 unspecified atom stereocenters. The Balaban J connectivity index is 0.000000289. The maximum atomic E-state index is 11.0. The average molecular weight is 473 g/mol. The lowest BCUT2D eigenvalue weighted by Gasteiger charge is -2.12. The van der Waals surface area contributed by atoms with Crippen molar-refractivity contribution in [2.75, 3.05) is 42.6 Å². The Labute approximate surface area is 160 Å². The Kier molecular flexibility index (Phi) is 8.19. The fourth-order valence-corrected chi connectivity index (χ4v) is 5.60. The molecule has 2 aliphatic heterocycles. The number of ether oxygens (including phenoxy) is 2. The minimum Gasteiger partial charge on any atom is -0.430 e. The normalized spacial score (nSPS) is 28.8. The molecule has 2 aliphatic rings. The molecule has 0 aliphatic carbocycles. The van der Waals surface area contributed by atoms with Crippen LogP contribution < -0.4 is 0 Å². The van der Waals surface area contributed by atoms with Gasteiger partial charge in [0, 0.05) is 18.8 Å². The van der Waals surface area contributed by atoms with E-state index in [0.29, 0.717) is 0 Å². The van der Waals surface area contributed by atoms with Gasteiger partial charge in [0.15, 0.2) is 15.9 Å². The van der Waals surface area contributed by atoms with Gasteiger partial charge in [0.2, 0.25) is 0 Å². The van der Waals surface area contributed by atoms with Crippen LogP contribution in [-0.4, -0.2) is 96.6 Å². The first kappa shape index (κ1) is 24.2. The van der Waals surface area contributed by atoms with E-state index in [2.05, 4.69) is 9.47 Å². The van der Waals surface area contributed by atoms with Gasteiger partial charge >= 0.3 is 17.5 Å². The van der Waals surface area contributed by atoms with Gasteiger partial charge in [0.25, 0.3) is 0 Å². The topological polar surface area (TPSA) is 173 Å². The molecule has 0 radical (unpaired) electrons. The zero-order valence-electron chi connectivity index (χ0n) is 14.6. The van der Waals surface area contributed by atoms with Gasteiger partial charge in [-0.05, 0) is 0 Å². The summed E-state index contributed by atoms with van der Waals surface area (Å²) in [5.74, 6) is -1.00. The second kappa shape index (κ2) is 9.13. The minimum atomic E-state index is -3.35. The number of hydrogen-bond acceptors (Lipinski definition) is 12. The average Bonchev–Trinajstić information content (AvgIpc) is 2.91. The van der Waals surface area contributed by atoms with Crippen LogP contribution in [0.2, 0.25) is 0 Å². The third-order valence-electron chi connectivity index (χ3n) is 2.89. The molecule has 12 nitrogen and oxygen atoms in total. The summed E-state index contributed by atoms with van der Waals surface area (Å²) in [6, 6.07) is 0. The molecular formula is C11H20O12S4. The van der Waals surface area contributed by atoms with E-state index < -0.39 is 76.8 Å². The maximum Gasteiger partial charge on any atom is 0.508 e. The molecule has 2 saturated heterocycles. The molecule has 2 rings (SSSR count). The molecule has 0 aromatic carbocycles. The fourth-order valence-electron chi connectivity index (χ4n) is 2.00. The molecule has 0 aromatic heterocycles. The third-order valence-corrected chi connectivity index (χ3v) is 6.55. The first-order chi connectivity index (χ1) is 12.0. The van der Waals surface area contributed by atoms with E-state index in [1.54, 1.807) is 0 Å². The Morgan fingerprint density at radius 1 is 0.852 bits per heavy atom. The van der Waals surface area contributed by atoms with E-state index in [1.807, 2.05) is 0 Å². The maximum absolute atomic E-state index is 11.0. The lowest BCUT2D eigenvalue weighted by molar-refractivity contribution is 0.122. The molecule has 0 saturated carbocycles. The summed E-state index contributed by atoms with van der Waals surface area (Å²) in [5, 5.41) is 0. The zero-order chi connectivity index (χ0) is 21.0. The van der Waals surface area contributed by atoms with Crippen molar-refractivity contribution in [3.05, 3.63) is 0 Å². The number of carbonyl (C=O) groups is 1. The predicted molar refractivity (Wildman–Crippen MR) is 93.2 cm³/mol. The molecule has 16 heteroatoms. The van der Waals surface area contributed by atoms with Gasteiger partial charge in [0.1, 0.15) is 38.5 Å². The van der Waals surface area contributed by atoms with Gasteiger partial charge in [-0.3, -0.25) is 8.37 Å². The summed E-state index contributed by atoms with van der Waals surface area (Å²) in [4.78, 5) is 10.3. The van der Waals surface area contributed by atoms with E-state index in [-0.39, 0.29) is 12.4 Å². The Hall–Kier alpha value is -0.810. The molecule has 0 bridgehead atoms. The summed E-state index contributed by atoms with van der Waals surface area (Å²) in [6.07, 6.45) is -0.393. The molecule has 27 heavy (non-hydrogen) atoms. The molecule has 2 fully saturated rings. The quantitative estimate of drug-likeness (QED) is 0.390. The van der Waals surface area contributed by atoms with Gasteiger partial charge in [0.05, 0.1) is 17.3 Å². The van der Waals surface area contributed by atoms with Crippen molar-refractivity contribution in [3.8, 4) is 0 Å². The van der Waals surface area contributed by atoms with Crippen LogP contribution in [0, 0.1) is 0 Å².